The van der Waals surface area contributed by atoms with E-state index in [1.54, 1.807) is 0 Å². The Hall–Kier alpha value is -4.10. The van der Waals surface area contributed by atoms with E-state index in [2.05, 4.69) is 147 Å². The van der Waals surface area contributed by atoms with Gasteiger partial charge in [0, 0.05) is 23.5 Å². The molecule has 1 heteroatoms. The average molecular weight is 468 g/mol. The third-order valence-corrected chi connectivity index (χ3v) is 7.11. The molecule has 0 aliphatic rings. The topological polar surface area (TPSA) is 3.24 Å². The molecule has 5 aromatic carbocycles. The quantitative estimate of drug-likeness (QED) is 0.230. The van der Waals surface area contributed by atoms with Crippen molar-refractivity contribution in [1.82, 2.24) is 0 Å². The number of hydrogen-bond acceptors (Lipinski definition) is 1. The lowest BCUT2D eigenvalue weighted by atomic mass is 9.95. The van der Waals surface area contributed by atoms with Crippen molar-refractivity contribution in [1.29, 1.82) is 0 Å². The van der Waals surface area contributed by atoms with Crippen LogP contribution in [-0.4, -0.2) is 6.54 Å². The fourth-order valence-electron chi connectivity index (χ4n) is 5.12. The molecule has 0 N–H and O–H groups in total. The van der Waals surface area contributed by atoms with E-state index >= 15 is 0 Å². The lowest BCUT2D eigenvalue weighted by Gasteiger charge is -2.27. The maximum atomic E-state index is 2.41. The highest BCUT2D eigenvalue weighted by molar-refractivity contribution is 5.86. The predicted molar refractivity (Wildman–Crippen MR) is 156 cm³/mol. The molecule has 0 fully saturated rings. The highest BCUT2D eigenvalue weighted by Crippen LogP contribution is 2.39. The van der Waals surface area contributed by atoms with E-state index in [0.29, 0.717) is 0 Å². The van der Waals surface area contributed by atoms with E-state index in [0.717, 1.165) is 13.0 Å². The zero-order valence-corrected chi connectivity index (χ0v) is 21.4. The van der Waals surface area contributed by atoms with Gasteiger partial charge in [-0.1, -0.05) is 104 Å². The molecule has 0 aliphatic carbocycles. The number of anilines is 2. The van der Waals surface area contributed by atoms with Crippen LogP contribution in [0.4, 0.5) is 11.4 Å². The van der Waals surface area contributed by atoms with Gasteiger partial charge < -0.3 is 4.90 Å². The molecule has 0 saturated heterocycles. The fraction of sp³-hybridized carbons (Fsp3) is 0.143. The molecule has 0 bridgehead atoms. The summed E-state index contributed by atoms with van der Waals surface area (Å²) in [4.78, 5) is 2.41. The maximum Gasteiger partial charge on any atom is 0.0490 e. The number of aryl methyl sites for hydroxylation is 1. The Morgan fingerprint density at radius 2 is 1.14 bits per heavy atom. The summed E-state index contributed by atoms with van der Waals surface area (Å²) in [6, 6.07) is 43.9. The highest BCUT2D eigenvalue weighted by Gasteiger charge is 2.15. The van der Waals surface area contributed by atoms with Gasteiger partial charge in [0.05, 0.1) is 0 Å². The summed E-state index contributed by atoms with van der Waals surface area (Å²) in [7, 11) is 0. The van der Waals surface area contributed by atoms with Gasteiger partial charge in [0.2, 0.25) is 0 Å². The first-order valence-electron chi connectivity index (χ1n) is 12.9. The Morgan fingerprint density at radius 3 is 1.78 bits per heavy atom. The summed E-state index contributed by atoms with van der Waals surface area (Å²) >= 11 is 0. The van der Waals surface area contributed by atoms with Gasteiger partial charge in [-0.3, -0.25) is 0 Å². The Labute approximate surface area is 215 Å². The monoisotopic (exact) mass is 467 g/mol. The average Bonchev–Trinajstić information content (AvgIpc) is 2.95. The summed E-state index contributed by atoms with van der Waals surface area (Å²) in [5, 5.41) is 0. The minimum Gasteiger partial charge on any atom is -0.341 e. The lowest BCUT2D eigenvalue weighted by Crippen LogP contribution is -2.17. The Kier molecular flexibility index (Phi) is 7.00. The van der Waals surface area contributed by atoms with Crippen LogP contribution in [0.2, 0.25) is 0 Å². The smallest absolute Gasteiger partial charge is 0.0490 e. The van der Waals surface area contributed by atoms with Crippen molar-refractivity contribution in [3.05, 3.63) is 132 Å². The Balaban J connectivity index is 1.56. The van der Waals surface area contributed by atoms with Gasteiger partial charge in [-0.25, -0.2) is 0 Å². The van der Waals surface area contributed by atoms with Gasteiger partial charge in [0.15, 0.2) is 0 Å². The summed E-state index contributed by atoms with van der Waals surface area (Å²) in [5.41, 5.74) is 12.7. The normalized spacial score (nSPS) is 10.9. The van der Waals surface area contributed by atoms with Crippen LogP contribution in [0.3, 0.4) is 0 Å². The van der Waals surface area contributed by atoms with E-state index in [-0.39, 0.29) is 0 Å². The molecule has 0 heterocycles. The SMILES string of the molecule is CCc1cccc(-c2ccc(N(CC)c3ccc(-c4ccccc4)cc3-c3ccccc3)cc2)c1C. The summed E-state index contributed by atoms with van der Waals surface area (Å²) in [5.74, 6) is 0. The molecule has 36 heavy (non-hydrogen) atoms. The third kappa shape index (κ3) is 4.70. The Morgan fingerprint density at radius 1 is 0.528 bits per heavy atom. The van der Waals surface area contributed by atoms with Gasteiger partial charge in [-0.15, -0.1) is 0 Å². The van der Waals surface area contributed by atoms with Crippen LogP contribution in [0.15, 0.2) is 121 Å². The van der Waals surface area contributed by atoms with Crippen LogP contribution in [-0.2, 0) is 6.42 Å². The van der Waals surface area contributed by atoms with E-state index < -0.39 is 0 Å². The fourth-order valence-corrected chi connectivity index (χ4v) is 5.12. The van der Waals surface area contributed by atoms with Crippen molar-refractivity contribution >= 4 is 11.4 Å². The van der Waals surface area contributed by atoms with Crippen LogP contribution in [0.1, 0.15) is 25.0 Å². The van der Waals surface area contributed by atoms with Crippen LogP contribution < -0.4 is 4.90 Å². The molecule has 0 radical (unpaired) electrons. The van der Waals surface area contributed by atoms with Crippen LogP contribution >= 0.6 is 0 Å². The second-order valence-corrected chi connectivity index (χ2v) is 9.20. The second kappa shape index (κ2) is 10.7. The molecule has 0 aromatic heterocycles. The molecular weight excluding hydrogens is 434 g/mol. The minimum atomic E-state index is 0.883. The largest absolute Gasteiger partial charge is 0.341 e. The molecule has 0 unspecified atom stereocenters. The van der Waals surface area contributed by atoms with Gasteiger partial charge >= 0.3 is 0 Å². The standard InChI is InChI=1S/C35H33N/c1-4-27-17-12-18-33(26(27)3)30-19-22-32(23-20-30)36(5-2)35-24-21-31(28-13-8-6-9-14-28)25-34(35)29-15-10-7-11-16-29/h6-25H,4-5H2,1-3H3. The van der Waals surface area contributed by atoms with Crippen molar-refractivity contribution < 1.29 is 0 Å². The molecule has 0 spiro atoms. The summed E-state index contributed by atoms with van der Waals surface area (Å²) < 4.78 is 0. The molecule has 1 nitrogen and oxygen atoms in total. The second-order valence-electron chi connectivity index (χ2n) is 9.20. The number of benzene rings is 5. The van der Waals surface area contributed by atoms with E-state index in [4.69, 9.17) is 0 Å². The van der Waals surface area contributed by atoms with Crippen molar-refractivity contribution in [2.45, 2.75) is 27.2 Å². The van der Waals surface area contributed by atoms with Gasteiger partial charge in [0.25, 0.3) is 0 Å². The number of hydrogen-bond donors (Lipinski definition) is 0. The molecule has 0 aliphatic heterocycles. The molecule has 5 aromatic rings. The minimum absolute atomic E-state index is 0.883. The van der Waals surface area contributed by atoms with E-state index in [9.17, 15) is 0 Å². The summed E-state index contributed by atoms with van der Waals surface area (Å²) in [6.45, 7) is 7.57. The van der Waals surface area contributed by atoms with Gasteiger partial charge in [-0.05, 0) is 83.5 Å². The Bertz CT molecular complexity index is 1430. The molecular formula is C35H33N. The summed E-state index contributed by atoms with van der Waals surface area (Å²) in [6.07, 6.45) is 1.06. The van der Waals surface area contributed by atoms with Crippen molar-refractivity contribution in [2.75, 3.05) is 11.4 Å². The third-order valence-electron chi connectivity index (χ3n) is 7.11. The lowest BCUT2D eigenvalue weighted by molar-refractivity contribution is 1.03. The molecule has 0 atom stereocenters. The van der Waals surface area contributed by atoms with E-state index in [1.165, 1.54) is 55.9 Å². The number of nitrogens with zero attached hydrogens (tertiary/aromatic N) is 1. The first-order chi connectivity index (χ1) is 17.7. The molecule has 178 valence electrons. The first-order valence-corrected chi connectivity index (χ1v) is 12.9. The van der Waals surface area contributed by atoms with Crippen LogP contribution in [0.25, 0.3) is 33.4 Å². The van der Waals surface area contributed by atoms with Gasteiger partial charge in [0.1, 0.15) is 0 Å². The first kappa shape index (κ1) is 23.6. The number of rotatable bonds is 7. The molecule has 0 saturated carbocycles. The zero-order chi connectivity index (χ0) is 24.9. The van der Waals surface area contributed by atoms with Crippen LogP contribution in [0, 0.1) is 6.92 Å². The van der Waals surface area contributed by atoms with E-state index in [1.807, 2.05) is 0 Å². The van der Waals surface area contributed by atoms with Crippen molar-refractivity contribution in [3.63, 3.8) is 0 Å². The molecule has 5 rings (SSSR count). The zero-order valence-electron chi connectivity index (χ0n) is 21.4. The molecule has 0 amide bonds. The predicted octanol–water partition coefficient (Wildman–Crippen LogP) is 9.72. The van der Waals surface area contributed by atoms with Gasteiger partial charge in [-0.2, -0.15) is 0 Å². The highest BCUT2D eigenvalue weighted by atomic mass is 15.1. The van der Waals surface area contributed by atoms with Crippen molar-refractivity contribution in [2.24, 2.45) is 0 Å². The van der Waals surface area contributed by atoms with Crippen molar-refractivity contribution in [3.8, 4) is 33.4 Å². The maximum absolute atomic E-state index is 2.41. The van der Waals surface area contributed by atoms with Crippen LogP contribution in [0.5, 0.6) is 0 Å².